The van der Waals surface area contributed by atoms with Crippen molar-refractivity contribution in [2.45, 2.75) is 24.6 Å². The molecule has 1 heterocycles. The van der Waals surface area contributed by atoms with Gasteiger partial charge in [-0.2, -0.15) is 0 Å². The van der Waals surface area contributed by atoms with Gasteiger partial charge in [0.15, 0.2) is 0 Å². The van der Waals surface area contributed by atoms with Crippen molar-refractivity contribution in [3.05, 3.63) is 35.4 Å². The number of aromatic carboxylic acids is 1. The van der Waals surface area contributed by atoms with Crippen LogP contribution in [-0.4, -0.2) is 39.9 Å². The lowest BCUT2D eigenvalue weighted by Gasteiger charge is -2.20. The molecule has 0 radical (unpaired) electrons. The number of carbonyl (C=O) groups is 2. The number of thioether (sulfide) groups is 1. The van der Waals surface area contributed by atoms with Crippen molar-refractivity contribution in [2.75, 3.05) is 12.8 Å². The predicted molar refractivity (Wildman–Crippen MR) is 75.4 cm³/mol. The third kappa shape index (κ3) is 3.50. The maximum atomic E-state index is 12.1. The molecule has 1 fully saturated rings. The molecule has 5 heteroatoms. The van der Waals surface area contributed by atoms with Crippen LogP contribution < -0.4 is 0 Å². The van der Waals surface area contributed by atoms with Crippen molar-refractivity contribution in [3.8, 4) is 0 Å². The molecule has 4 nitrogen and oxygen atoms in total. The van der Waals surface area contributed by atoms with E-state index in [1.165, 1.54) is 0 Å². The maximum Gasteiger partial charge on any atom is 0.335 e. The lowest BCUT2D eigenvalue weighted by molar-refractivity contribution is -0.129. The molecule has 1 aliphatic heterocycles. The number of carbonyl (C=O) groups excluding carboxylic acids is 1. The highest BCUT2D eigenvalue weighted by molar-refractivity contribution is 8.00. The van der Waals surface area contributed by atoms with Crippen LogP contribution in [0.4, 0.5) is 0 Å². The van der Waals surface area contributed by atoms with Gasteiger partial charge < -0.3 is 10.0 Å². The van der Waals surface area contributed by atoms with Crippen molar-refractivity contribution in [3.63, 3.8) is 0 Å². The molecule has 0 spiro atoms. The molecule has 1 saturated heterocycles. The topological polar surface area (TPSA) is 57.6 Å². The van der Waals surface area contributed by atoms with E-state index in [0.29, 0.717) is 6.54 Å². The summed E-state index contributed by atoms with van der Waals surface area (Å²) in [6.07, 6.45) is 2.08. The molecule has 0 saturated carbocycles. The van der Waals surface area contributed by atoms with Crippen LogP contribution in [0.15, 0.2) is 24.3 Å². The number of benzene rings is 1. The van der Waals surface area contributed by atoms with Crippen LogP contribution in [0, 0.1) is 0 Å². The van der Waals surface area contributed by atoms with E-state index in [-0.39, 0.29) is 16.7 Å². The zero-order valence-electron chi connectivity index (χ0n) is 10.8. The smallest absolute Gasteiger partial charge is 0.335 e. The van der Waals surface area contributed by atoms with Crippen molar-refractivity contribution in [1.29, 1.82) is 0 Å². The summed E-state index contributed by atoms with van der Waals surface area (Å²) in [5, 5.41) is 8.92. The first kappa shape index (κ1) is 13.9. The normalized spacial score (nSPS) is 18.3. The Balaban J connectivity index is 1.96. The molecule has 1 aromatic carbocycles. The minimum Gasteiger partial charge on any atom is -0.478 e. The molecule has 0 aliphatic carbocycles. The van der Waals surface area contributed by atoms with Crippen LogP contribution in [0.5, 0.6) is 0 Å². The summed E-state index contributed by atoms with van der Waals surface area (Å²) < 4.78 is 0. The Hall–Kier alpha value is -1.49. The quantitative estimate of drug-likeness (QED) is 0.918. The summed E-state index contributed by atoms with van der Waals surface area (Å²) >= 11 is 1.73. The van der Waals surface area contributed by atoms with E-state index in [0.717, 1.165) is 24.2 Å². The molecule has 1 aromatic rings. The molecular formula is C14H17NO3S. The van der Waals surface area contributed by atoms with Crippen LogP contribution in [0.1, 0.15) is 28.8 Å². The Morgan fingerprint density at radius 1 is 1.37 bits per heavy atom. The van der Waals surface area contributed by atoms with E-state index < -0.39 is 5.97 Å². The summed E-state index contributed by atoms with van der Waals surface area (Å²) in [7, 11) is 1.80. The fourth-order valence-corrected chi connectivity index (χ4v) is 3.40. The number of amides is 1. The van der Waals surface area contributed by atoms with E-state index in [9.17, 15) is 9.59 Å². The van der Waals surface area contributed by atoms with Gasteiger partial charge in [0.05, 0.1) is 10.8 Å². The monoisotopic (exact) mass is 279 g/mol. The van der Waals surface area contributed by atoms with Crippen LogP contribution >= 0.6 is 11.8 Å². The Morgan fingerprint density at radius 2 is 2.05 bits per heavy atom. The van der Waals surface area contributed by atoms with Crippen LogP contribution in [0.25, 0.3) is 0 Å². The molecule has 1 unspecified atom stereocenters. The van der Waals surface area contributed by atoms with Gasteiger partial charge in [-0.15, -0.1) is 11.8 Å². The number of nitrogens with zero attached hydrogens (tertiary/aromatic N) is 1. The summed E-state index contributed by atoms with van der Waals surface area (Å²) in [5.74, 6) is 0.306. The molecule has 2 rings (SSSR count). The van der Waals surface area contributed by atoms with Gasteiger partial charge in [0.2, 0.25) is 5.91 Å². The van der Waals surface area contributed by atoms with Gasteiger partial charge >= 0.3 is 5.97 Å². The van der Waals surface area contributed by atoms with E-state index in [4.69, 9.17) is 5.11 Å². The molecule has 1 atom stereocenters. The van der Waals surface area contributed by atoms with E-state index in [2.05, 4.69) is 0 Å². The van der Waals surface area contributed by atoms with Crippen molar-refractivity contribution in [1.82, 2.24) is 4.90 Å². The zero-order valence-corrected chi connectivity index (χ0v) is 11.7. The Morgan fingerprint density at radius 3 is 2.58 bits per heavy atom. The highest BCUT2D eigenvalue weighted by atomic mass is 32.2. The van der Waals surface area contributed by atoms with Crippen molar-refractivity contribution < 1.29 is 14.7 Å². The first-order chi connectivity index (χ1) is 9.08. The molecule has 19 heavy (non-hydrogen) atoms. The Kier molecular flexibility index (Phi) is 4.47. The molecule has 1 amide bonds. The number of carboxylic acids is 1. The van der Waals surface area contributed by atoms with Gasteiger partial charge in [-0.25, -0.2) is 4.79 Å². The van der Waals surface area contributed by atoms with E-state index in [1.807, 2.05) is 0 Å². The van der Waals surface area contributed by atoms with E-state index >= 15 is 0 Å². The first-order valence-electron chi connectivity index (χ1n) is 6.27. The standard InChI is InChI=1S/C14H17NO3S/c1-15(13(16)12-3-2-8-19-12)9-10-4-6-11(7-5-10)14(17)18/h4-7,12H,2-3,8-9H2,1H3,(H,17,18). The molecule has 0 aromatic heterocycles. The minimum atomic E-state index is -0.932. The van der Waals surface area contributed by atoms with Crippen LogP contribution in [0.3, 0.4) is 0 Å². The summed E-state index contributed by atoms with van der Waals surface area (Å²) in [6.45, 7) is 0.524. The first-order valence-corrected chi connectivity index (χ1v) is 7.31. The minimum absolute atomic E-state index is 0.100. The Labute approximate surface area is 116 Å². The van der Waals surface area contributed by atoms with Crippen molar-refractivity contribution in [2.24, 2.45) is 0 Å². The number of carboxylic acid groups (broad SMARTS) is 1. The third-order valence-electron chi connectivity index (χ3n) is 3.20. The average Bonchev–Trinajstić information content (AvgIpc) is 2.92. The summed E-state index contributed by atoms with van der Waals surface area (Å²) in [4.78, 5) is 24.6. The highest BCUT2D eigenvalue weighted by Crippen LogP contribution is 2.27. The van der Waals surface area contributed by atoms with E-state index in [1.54, 1.807) is 48.0 Å². The SMILES string of the molecule is CN(Cc1ccc(C(=O)O)cc1)C(=O)C1CCCS1. The van der Waals surface area contributed by atoms with Gasteiger partial charge in [-0.05, 0) is 36.3 Å². The summed E-state index contributed by atoms with van der Waals surface area (Å²) in [6, 6.07) is 6.66. The largest absolute Gasteiger partial charge is 0.478 e. The number of hydrogen-bond donors (Lipinski definition) is 1. The fraction of sp³-hybridized carbons (Fsp3) is 0.429. The second-order valence-corrected chi connectivity index (χ2v) is 6.01. The highest BCUT2D eigenvalue weighted by Gasteiger charge is 2.26. The fourth-order valence-electron chi connectivity index (χ4n) is 2.12. The van der Waals surface area contributed by atoms with Crippen LogP contribution in [-0.2, 0) is 11.3 Å². The van der Waals surface area contributed by atoms with Crippen LogP contribution in [0.2, 0.25) is 0 Å². The predicted octanol–water partition coefficient (Wildman–Crippen LogP) is 2.24. The number of hydrogen-bond acceptors (Lipinski definition) is 3. The second kappa shape index (κ2) is 6.10. The molecule has 1 N–H and O–H groups in total. The molecular weight excluding hydrogens is 262 g/mol. The Bertz CT molecular complexity index is 466. The third-order valence-corrected chi connectivity index (χ3v) is 4.57. The summed E-state index contributed by atoms with van der Waals surface area (Å²) in [5.41, 5.74) is 1.22. The lowest BCUT2D eigenvalue weighted by atomic mass is 10.1. The number of rotatable bonds is 4. The molecule has 1 aliphatic rings. The molecule has 102 valence electrons. The van der Waals surface area contributed by atoms with Gasteiger partial charge in [0.1, 0.15) is 0 Å². The lowest BCUT2D eigenvalue weighted by Crippen LogP contribution is -2.33. The van der Waals surface area contributed by atoms with Gasteiger partial charge in [0.25, 0.3) is 0 Å². The van der Waals surface area contributed by atoms with Gasteiger partial charge in [-0.1, -0.05) is 12.1 Å². The van der Waals surface area contributed by atoms with Gasteiger partial charge in [0, 0.05) is 13.6 Å². The zero-order chi connectivity index (χ0) is 13.8. The van der Waals surface area contributed by atoms with Crippen molar-refractivity contribution >= 4 is 23.6 Å². The maximum absolute atomic E-state index is 12.1. The molecule has 0 bridgehead atoms. The van der Waals surface area contributed by atoms with Gasteiger partial charge in [-0.3, -0.25) is 4.79 Å². The average molecular weight is 279 g/mol. The second-order valence-electron chi connectivity index (χ2n) is 4.70.